The zero-order chi connectivity index (χ0) is 14.2. The Balaban J connectivity index is 1.94. The fourth-order valence-electron chi connectivity index (χ4n) is 2.76. The van der Waals surface area contributed by atoms with Crippen LogP contribution in [0.5, 0.6) is 5.75 Å². The first-order chi connectivity index (χ1) is 9.79. The number of carbonyl (C=O) groups is 1. The average molecular weight is 275 g/mol. The zero-order valence-electron chi connectivity index (χ0n) is 12.4. The van der Waals surface area contributed by atoms with Crippen LogP contribution in [0.25, 0.3) is 0 Å². The van der Waals surface area contributed by atoms with Crippen LogP contribution in [0.1, 0.15) is 62.2 Å². The second-order valence-corrected chi connectivity index (χ2v) is 5.48. The maximum absolute atomic E-state index is 12.3. The molecule has 0 bridgehead atoms. The van der Waals surface area contributed by atoms with Gasteiger partial charge in [-0.05, 0) is 38.0 Å². The lowest BCUT2D eigenvalue weighted by Gasteiger charge is -2.21. The summed E-state index contributed by atoms with van der Waals surface area (Å²) < 4.78 is 5.44. The lowest BCUT2D eigenvalue weighted by molar-refractivity contribution is 0.0930. The first-order valence-electron chi connectivity index (χ1n) is 7.83. The molecule has 0 spiro atoms. The van der Waals surface area contributed by atoms with E-state index < -0.39 is 0 Å². The van der Waals surface area contributed by atoms with Gasteiger partial charge in [0.15, 0.2) is 0 Å². The molecule has 1 saturated carbocycles. The molecule has 1 amide bonds. The summed E-state index contributed by atoms with van der Waals surface area (Å²) in [5, 5.41) is 3.18. The van der Waals surface area contributed by atoms with Gasteiger partial charge in [-0.15, -0.1) is 0 Å². The van der Waals surface area contributed by atoms with Gasteiger partial charge in [-0.3, -0.25) is 4.79 Å². The molecular formula is C17H25NO2. The molecule has 1 aliphatic rings. The Morgan fingerprint density at radius 2 is 1.90 bits per heavy atom. The molecule has 0 unspecified atom stereocenters. The summed E-state index contributed by atoms with van der Waals surface area (Å²) in [7, 11) is 0. The minimum Gasteiger partial charge on any atom is -0.494 e. The number of benzene rings is 1. The Kier molecular flexibility index (Phi) is 5.90. The Bertz CT molecular complexity index is 423. The number of hydrogen-bond acceptors (Lipinski definition) is 2. The molecule has 1 aromatic carbocycles. The molecule has 3 heteroatoms. The molecule has 1 aliphatic carbocycles. The quantitative estimate of drug-likeness (QED) is 0.904. The van der Waals surface area contributed by atoms with Gasteiger partial charge in [-0.1, -0.05) is 38.2 Å². The van der Waals surface area contributed by atoms with Gasteiger partial charge in [0.25, 0.3) is 5.91 Å². The van der Waals surface area contributed by atoms with Crippen molar-refractivity contribution >= 4 is 5.91 Å². The fraction of sp³-hybridized carbons (Fsp3) is 0.588. The third-order valence-electron chi connectivity index (χ3n) is 3.85. The molecule has 0 saturated heterocycles. The van der Waals surface area contributed by atoms with E-state index >= 15 is 0 Å². The highest BCUT2D eigenvalue weighted by Gasteiger charge is 2.15. The third kappa shape index (κ3) is 4.55. The van der Waals surface area contributed by atoms with E-state index in [1.165, 1.54) is 32.1 Å². The molecule has 110 valence electrons. The SMILES string of the molecule is CCOc1cccc(C(=O)NC2CCCCCCC2)c1. The van der Waals surface area contributed by atoms with Crippen LogP contribution in [0, 0.1) is 0 Å². The van der Waals surface area contributed by atoms with Crippen molar-refractivity contribution in [3.05, 3.63) is 29.8 Å². The molecule has 2 rings (SSSR count). The first kappa shape index (κ1) is 14.9. The Morgan fingerprint density at radius 3 is 2.60 bits per heavy atom. The van der Waals surface area contributed by atoms with Crippen LogP contribution in [0.3, 0.4) is 0 Å². The molecule has 0 heterocycles. The van der Waals surface area contributed by atoms with Crippen LogP contribution < -0.4 is 10.1 Å². The van der Waals surface area contributed by atoms with E-state index in [2.05, 4.69) is 5.32 Å². The van der Waals surface area contributed by atoms with E-state index in [0.717, 1.165) is 18.6 Å². The number of carbonyl (C=O) groups excluding carboxylic acids is 1. The van der Waals surface area contributed by atoms with Crippen LogP contribution in [0.4, 0.5) is 0 Å². The number of nitrogens with one attached hydrogen (secondary N) is 1. The summed E-state index contributed by atoms with van der Waals surface area (Å²) in [6.45, 7) is 2.56. The maximum Gasteiger partial charge on any atom is 0.251 e. The standard InChI is InChI=1S/C17H25NO2/c1-2-20-16-12-8-9-14(13-16)17(19)18-15-10-6-4-3-5-7-11-15/h8-9,12-13,15H,2-7,10-11H2,1H3,(H,18,19). The molecule has 1 N–H and O–H groups in total. The molecule has 0 aliphatic heterocycles. The van der Waals surface area contributed by atoms with Crippen molar-refractivity contribution in [2.24, 2.45) is 0 Å². The van der Waals surface area contributed by atoms with Gasteiger partial charge in [0, 0.05) is 11.6 Å². The smallest absolute Gasteiger partial charge is 0.251 e. The van der Waals surface area contributed by atoms with E-state index in [0.29, 0.717) is 18.2 Å². The Morgan fingerprint density at radius 1 is 1.20 bits per heavy atom. The number of amides is 1. The second-order valence-electron chi connectivity index (χ2n) is 5.48. The predicted molar refractivity (Wildman–Crippen MR) is 81.2 cm³/mol. The van der Waals surface area contributed by atoms with E-state index in [9.17, 15) is 4.79 Å². The highest BCUT2D eigenvalue weighted by molar-refractivity contribution is 5.94. The normalized spacial score (nSPS) is 17.1. The minimum atomic E-state index is 0.0251. The average Bonchev–Trinajstić information content (AvgIpc) is 2.42. The molecule has 1 fully saturated rings. The van der Waals surface area contributed by atoms with Crippen molar-refractivity contribution in [3.63, 3.8) is 0 Å². The summed E-state index contributed by atoms with van der Waals surface area (Å²) in [5.41, 5.74) is 0.693. The Hall–Kier alpha value is -1.51. The monoisotopic (exact) mass is 275 g/mol. The van der Waals surface area contributed by atoms with Gasteiger partial charge in [0.1, 0.15) is 5.75 Å². The highest BCUT2D eigenvalue weighted by atomic mass is 16.5. The summed E-state index contributed by atoms with van der Waals surface area (Å²) in [6, 6.07) is 7.76. The Labute approximate surface area is 121 Å². The van der Waals surface area contributed by atoms with Crippen LogP contribution in [-0.2, 0) is 0 Å². The first-order valence-corrected chi connectivity index (χ1v) is 7.83. The van der Waals surface area contributed by atoms with Gasteiger partial charge in [0.05, 0.1) is 6.61 Å². The van der Waals surface area contributed by atoms with Gasteiger partial charge in [-0.2, -0.15) is 0 Å². The van der Waals surface area contributed by atoms with Crippen molar-refractivity contribution in [2.45, 2.75) is 57.9 Å². The summed E-state index contributed by atoms with van der Waals surface area (Å²) in [5.74, 6) is 0.787. The van der Waals surface area contributed by atoms with E-state index in [1.54, 1.807) is 0 Å². The van der Waals surface area contributed by atoms with Gasteiger partial charge in [-0.25, -0.2) is 0 Å². The third-order valence-corrected chi connectivity index (χ3v) is 3.85. The number of hydrogen-bond donors (Lipinski definition) is 1. The van der Waals surface area contributed by atoms with E-state index in [-0.39, 0.29) is 5.91 Å². The predicted octanol–water partition coefficient (Wildman–Crippen LogP) is 3.93. The molecule has 1 aromatic rings. The van der Waals surface area contributed by atoms with Crippen molar-refractivity contribution < 1.29 is 9.53 Å². The van der Waals surface area contributed by atoms with Gasteiger partial charge >= 0.3 is 0 Å². The van der Waals surface area contributed by atoms with Crippen molar-refractivity contribution in [1.29, 1.82) is 0 Å². The van der Waals surface area contributed by atoms with Crippen molar-refractivity contribution in [3.8, 4) is 5.75 Å². The lowest BCUT2D eigenvalue weighted by atomic mass is 9.96. The summed E-state index contributed by atoms with van der Waals surface area (Å²) >= 11 is 0. The van der Waals surface area contributed by atoms with Crippen LogP contribution in [0.2, 0.25) is 0 Å². The fourth-order valence-corrected chi connectivity index (χ4v) is 2.76. The molecule has 20 heavy (non-hydrogen) atoms. The number of ether oxygens (including phenoxy) is 1. The van der Waals surface area contributed by atoms with Crippen LogP contribution >= 0.6 is 0 Å². The van der Waals surface area contributed by atoms with Crippen molar-refractivity contribution in [2.75, 3.05) is 6.61 Å². The van der Waals surface area contributed by atoms with Gasteiger partial charge < -0.3 is 10.1 Å². The van der Waals surface area contributed by atoms with Crippen LogP contribution in [0.15, 0.2) is 24.3 Å². The molecule has 3 nitrogen and oxygen atoms in total. The lowest BCUT2D eigenvalue weighted by Crippen LogP contribution is -2.35. The van der Waals surface area contributed by atoms with Crippen molar-refractivity contribution in [1.82, 2.24) is 5.32 Å². The minimum absolute atomic E-state index is 0.0251. The summed E-state index contributed by atoms with van der Waals surface area (Å²) in [4.78, 5) is 12.3. The zero-order valence-corrected chi connectivity index (χ0v) is 12.4. The largest absolute Gasteiger partial charge is 0.494 e. The van der Waals surface area contributed by atoms with Gasteiger partial charge in [0.2, 0.25) is 0 Å². The molecule has 0 radical (unpaired) electrons. The summed E-state index contributed by atoms with van der Waals surface area (Å²) in [6.07, 6.45) is 8.61. The highest BCUT2D eigenvalue weighted by Crippen LogP contribution is 2.18. The van der Waals surface area contributed by atoms with E-state index in [4.69, 9.17) is 4.74 Å². The number of rotatable bonds is 4. The maximum atomic E-state index is 12.3. The van der Waals surface area contributed by atoms with E-state index in [1.807, 2.05) is 31.2 Å². The topological polar surface area (TPSA) is 38.3 Å². The van der Waals surface area contributed by atoms with Crippen LogP contribution in [-0.4, -0.2) is 18.6 Å². The second kappa shape index (κ2) is 7.93. The molecule has 0 atom stereocenters. The molecular weight excluding hydrogens is 250 g/mol. The molecule has 0 aromatic heterocycles.